The Kier molecular flexibility index (Phi) is 63.9. The second-order valence-electron chi connectivity index (χ2n) is 21.3. The third kappa shape index (κ3) is 65.6. The van der Waals surface area contributed by atoms with E-state index in [4.69, 9.17) is 14.2 Å². The second-order valence-corrected chi connectivity index (χ2v) is 21.3. The third-order valence-electron chi connectivity index (χ3n) is 13.4. The van der Waals surface area contributed by atoms with E-state index in [1.807, 2.05) is 0 Å². The maximum absolute atomic E-state index is 12.9. The number of ether oxygens (including phenoxy) is 3. The van der Waals surface area contributed by atoms with Crippen LogP contribution in [-0.2, 0) is 28.6 Å². The molecule has 82 heavy (non-hydrogen) atoms. The molecule has 0 aliphatic rings. The van der Waals surface area contributed by atoms with Gasteiger partial charge in [-0.15, -0.1) is 0 Å². The lowest BCUT2D eigenvalue weighted by atomic mass is 10.1. The quantitative estimate of drug-likeness (QED) is 0.0261. The lowest BCUT2D eigenvalue weighted by molar-refractivity contribution is -0.167. The van der Waals surface area contributed by atoms with Crippen LogP contribution in [0.4, 0.5) is 0 Å². The molecule has 0 aliphatic heterocycles. The molecule has 0 aromatic rings. The maximum Gasteiger partial charge on any atom is 0.306 e. The normalized spacial score (nSPS) is 13.3. The Bertz CT molecular complexity index is 1870. The average molecular weight is 1130 g/mol. The molecule has 0 saturated heterocycles. The number of carbonyl (C=O) groups excluding carboxylic acids is 3. The Hall–Kier alpha value is -5.23. The fraction of sp³-hybridized carbons (Fsp3) is 0.592. The minimum absolute atomic E-state index is 0.104. The number of esters is 3. The molecule has 460 valence electrons. The van der Waals surface area contributed by atoms with Crippen LogP contribution in [0.15, 0.2) is 170 Å². The number of allylic oxidation sites excluding steroid dienone is 28. The SMILES string of the molecule is CC/C=C\C/C=C\C/C=C\C/C=C\C/C=C\C/C=C\C/C=C\CCCCCCCC(=O)OCC(COC(=O)CCCCCCC/C=C\C/C=C\CCCC)OC(=O)CCCCCCCCC/C=C\C/C=C\C/C=C\C/C=C\C/C=C\CC. The summed E-state index contributed by atoms with van der Waals surface area (Å²) in [5, 5.41) is 0. The van der Waals surface area contributed by atoms with Crippen LogP contribution in [0.2, 0.25) is 0 Å². The first kappa shape index (κ1) is 76.8. The standard InChI is InChI=1S/C76H120O6/c1-4-7-10-13-16-19-22-25-28-30-32-34-36-37-38-39-41-42-44-46-48-51-54-57-60-63-66-69-75(78)81-72-73(71-80-74(77)68-65-62-59-56-53-50-27-24-21-18-15-12-9-6-3)82-76(79)70-67-64-61-58-55-52-49-47-45-43-40-35-33-31-29-26-23-20-17-14-11-8-5-2/h7-8,10-11,15-20,24-29,32-35,37-38,41-43,45-46,48,73H,4-6,9,12-14,21-23,30-31,36,39-40,44,47,49-72H2,1-3H3/b10-7-,11-8-,18-15-,19-16-,20-17-,27-24-,28-25-,29-26-,34-32-,35-33-,38-37-,42-41-,45-43-,48-46-. The highest BCUT2D eigenvalue weighted by Gasteiger charge is 2.19. The molecule has 6 nitrogen and oxygen atoms in total. The first-order valence-corrected chi connectivity index (χ1v) is 33.1. The summed E-state index contributed by atoms with van der Waals surface area (Å²) >= 11 is 0. The van der Waals surface area contributed by atoms with E-state index in [1.54, 1.807) is 0 Å². The van der Waals surface area contributed by atoms with Crippen molar-refractivity contribution >= 4 is 17.9 Å². The Balaban J connectivity index is 4.46. The fourth-order valence-electron chi connectivity index (χ4n) is 8.52. The molecule has 0 amide bonds. The van der Waals surface area contributed by atoms with Crippen LogP contribution >= 0.6 is 0 Å². The topological polar surface area (TPSA) is 78.9 Å². The molecule has 0 fully saturated rings. The van der Waals surface area contributed by atoms with E-state index < -0.39 is 6.10 Å². The first-order valence-electron chi connectivity index (χ1n) is 33.1. The van der Waals surface area contributed by atoms with Crippen molar-refractivity contribution in [2.24, 2.45) is 0 Å². The minimum Gasteiger partial charge on any atom is -0.462 e. The van der Waals surface area contributed by atoms with Gasteiger partial charge in [-0.3, -0.25) is 14.4 Å². The highest BCUT2D eigenvalue weighted by Crippen LogP contribution is 2.14. The van der Waals surface area contributed by atoms with E-state index in [-0.39, 0.29) is 31.1 Å². The molecule has 0 bridgehead atoms. The number of hydrogen-bond acceptors (Lipinski definition) is 6. The van der Waals surface area contributed by atoms with Gasteiger partial charge in [-0.05, 0) is 148 Å². The maximum atomic E-state index is 12.9. The van der Waals surface area contributed by atoms with Crippen LogP contribution in [0.3, 0.4) is 0 Å². The van der Waals surface area contributed by atoms with Crippen LogP contribution < -0.4 is 0 Å². The van der Waals surface area contributed by atoms with Crippen LogP contribution in [0.5, 0.6) is 0 Å². The predicted octanol–water partition coefficient (Wildman–Crippen LogP) is 23.0. The number of rotatable bonds is 58. The summed E-state index contributed by atoms with van der Waals surface area (Å²) in [6, 6.07) is 0. The van der Waals surface area contributed by atoms with Gasteiger partial charge in [-0.25, -0.2) is 0 Å². The van der Waals surface area contributed by atoms with Crippen LogP contribution in [-0.4, -0.2) is 37.2 Å². The van der Waals surface area contributed by atoms with Gasteiger partial charge in [0.15, 0.2) is 6.10 Å². The highest BCUT2D eigenvalue weighted by molar-refractivity contribution is 5.71. The van der Waals surface area contributed by atoms with Crippen molar-refractivity contribution in [2.45, 2.75) is 277 Å². The van der Waals surface area contributed by atoms with E-state index in [0.29, 0.717) is 19.3 Å². The summed E-state index contributed by atoms with van der Waals surface area (Å²) in [6.45, 7) is 6.33. The van der Waals surface area contributed by atoms with Gasteiger partial charge in [0.1, 0.15) is 13.2 Å². The minimum atomic E-state index is -0.810. The molecule has 0 aromatic carbocycles. The fourth-order valence-corrected chi connectivity index (χ4v) is 8.52. The van der Waals surface area contributed by atoms with Crippen molar-refractivity contribution in [1.29, 1.82) is 0 Å². The van der Waals surface area contributed by atoms with Gasteiger partial charge >= 0.3 is 17.9 Å². The van der Waals surface area contributed by atoms with Gasteiger partial charge in [0, 0.05) is 19.3 Å². The van der Waals surface area contributed by atoms with Gasteiger partial charge in [-0.1, -0.05) is 274 Å². The van der Waals surface area contributed by atoms with Crippen LogP contribution in [0.25, 0.3) is 0 Å². The van der Waals surface area contributed by atoms with Crippen molar-refractivity contribution in [2.75, 3.05) is 13.2 Å². The largest absolute Gasteiger partial charge is 0.462 e. The third-order valence-corrected chi connectivity index (χ3v) is 13.4. The van der Waals surface area contributed by atoms with Gasteiger partial charge in [0.2, 0.25) is 0 Å². The van der Waals surface area contributed by atoms with E-state index >= 15 is 0 Å². The lowest BCUT2D eigenvalue weighted by Crippen LogP contribution is -2.30. The van der Waals surface area contributed by atoms with Gasteiger partial charge in [-0.2, -0.15) is 0 Å². The summed E-state index contributed by atoms with van der Waals surface area (Å²) in [4.78, 5) is 38.4. The number of carbonyl (C=O) groups is 3. The summed E-state index contributed by atoms with van der Waals surface area (Å²) in [6.07, 6.45) is 101. The zero-order valence-electron chi connectivity index (χ0n) is 52.7. The van der Waals surface area contributed by atoms with Crippen LogP contribution in [0, 0.1) is 0 Å². The molecule has 0 spiro atoms. The molecular formula is C76H120O6. The molecule has 0 aliphatic carbocycles. The Morgan fingerprint density at radius 3 is 0.744 bits per heavy atom. The molecule has 6 heteroatoms. The summed E-state index contributed by atoms with van der Waals surface area (Å²) < 4.78 is 16.9. The highest BCUT2D eigenvalue weighted by atomic mass is 16.6. The first-order chi connectivity index (χ1) is 40.5. The second kappa shape index (κ2) is 68.3. The van der Waals surface area contributed by atoms with E-state index in [0.717, 1.165) is 193 Å². The van der Waals surface area contributed by atoms with Crippen molar-refractivity contribution in [3.63, 3.8) is 0 Å². The predicted molar refractivity (Wildman–Crippen MR) is 357 cm³/mol. The monoisotopic (exact) mass is 1130 g/mol. The van der Waals surface area contributed by atoms with Gasteiger partial charge in [0.25, 0.3) is 0 Å². The molecule has 1 atom stereocenters. The summed E-state index contributed by atoms with van der Waals surface area (Å²) in [7, 11) is 0. The van der Waals surface area contributed by atoms with Gasteiger partial charge in [0.05, 0.1) is 0 Å². The Morgan fingerprint density at radius 2 is 0.476 bits per heavy atom. The van der Waals surface area contributed by atoms with Crippen molar-refractivity contribution in [1.82, 2.24) is 0 Å². The molecule has 0 saturated carbocycles. The molecule has 0 rings (SSSR count). The Labute approximate surface area is 504 Å². The number of hydrogen-bond donors (Lipinski definition) is 0. The molecule has 0 aromatic heterocycles. The summed E-state index contributed by atoms with van der Waals surface area (Å²) in [5.74, 6) is -0.950. The van der Waals surface area contributed by atoms with E-state index in [1.165, 1.54) is 38.5 Å². The van der Waals surface area contributed by atoms with Gasteiger partial charge < -0.3 is 14.2 Å². The molecule has 1 unspecified atom stereocenters. The molecular weight excluding hydrogens is 1010 g/mol. The van der Waals surface area contributed by atoms with Crippen LogP contribution in [0.1, 0.15) is 271 Å². The lowest BCUT2D eigenvalue weighted by Gasteiger charge is -2.18. The molecule has 0 radical (unpaired) electrons. The smallest absolute Gasteiger partial charge is 0.306 e. The average Bonchev–Trinajstić information content (AvgIpc) is 3.48. The summed E-state index contributed by atoms with van der Waals surface area (Å²) in [5.41, 5.74) is 0. The van der Waals surface area contributed by atoms with E-state index in [9.17, 15) is 14.4 Å². The zero-order valence-corrected chi connectivity index (χ0v) is 52.7. The number of unbranched alkanes of at least 4 members (excludes halogenated alkanes) is 19. The molecule has 0 heterocycles. The Morgan fingerprint density at radius 1 is 0.256 bits per heavy atom. The van der Waals surface area contributed by atoms with Crippen molar-refractivity contribution in [3.05, 3.63) is 170 Å². The van der Waals surface area contributed by atoms with Crippen molar-refractivity contribution in [3.8, 4) is 0 Å². The molecule has 0 N–H and O–H groups in total. The van der Waals surface area contributed by atoms with Crippen molar-refractivity contribution < 1.29 is 28.6 Å². The zero-order chi connectivity index (χ0) is 59.2. The van der Waals surface area contributed by atoms with E-state index in [2.05, 4.69) is 191 Å².